The summed E-state index contributed by atoms with van der Waals surface area (Å²) in [6.45, 7) is 2.01. The number of carboxylic acid groups (broad SMARTS) is 1. The average molecular weight is 440 g/mol. The molecule has 10 nitrogen and oxygen atoms in total. The lowest BCUT2D eigenvalue weighted by molar-refractivity contribution is -0.192. The molecule has 0 radical (unpaired) electrons. The van der Waals surface area contributed by atoms with Crippen LogP contribution in [-0.2, 0) is 34.5 Å². The van der Waals surface area contributed by atoms with E-state index in [4.69, 9.17) is 9.90 Å². The second-order valence-electron chi connectivity index (χ2n) is 5.86. The topological polar surface area (TPSA) is 130 Å². The zero-order chi connectivity index (χ0) is 21.8. The smallest absolute Gasteiger partial charge is 0.475 e. The Morgan fingerprint density at radius 3 is 2.38 bits per heavy atom. The van der Waals surface area contributed by atoms with Crippen LogP contribution in [0.25, 0.3) is 0 Å². The highest BCUT2D eigenvalue weighted by atomic mass is 32.2. The minimum atomic E-state index is -5.08. The SMILES string of the molecule is CS(=O)(=O)NCc1cn2c(n1)CN(c1ncc(F)cn1)CC2.O=C(O)C(F)(F)F. The Bertz CT molecular complexity index is 961. The lowest BCUT2D eigenvalue weighted by Crippen LogP contribution is -2.34. The Morgan fingerprint density at radius 1 is 1.28 bits per heavy atom. The molecule has 1 aliphatic rings. The molecule has 3 rings (SSSR count). The predicted molar refractivity (Wildman–Crippen MR) is 90.6 cm³/mol. The molecule has 0 amide bonds. The number of fused-ring (bicyclic) bond motifs is 1. The largest absolute Gasteiger partial charge is 0.490 e. The average Bonchev–Trinajstić information content (AvgIpc) is 3.02. The summed E-state index contributed by atoms with van der Waals surface area (Å²) in [5.41, 5.74) is 0.655. The normalized spacial score (nSPS) is 14.0. The molecule has 15 heteroatoms. The molecular weight excluding hydrogens is 424 g/mol. The maximum Gasteiger partial charge on any atom is 0.490 e. The maximum absolute atomic E-state index is 12.9. The van der Waals surface area contributed by atoms with Crippen molar-refractivity contribution in [3.05, 3.63) is 35.9 Å². The summed E-state index contributed by atoms with van der Waals surface area (Å²) in [6.07, 6.45) is 0.114. The first-order valence-corrected chi connectivity index (χ1v) is 9.76. The van der Waals surface area contributed by atoms with Crippen LogP contribution in [0, 0.1) is 5.82 Å². The van der Waals surface area contributed by atoms with E-state index < -0.39 is 28.0 Å². The Hall–Kier alpha value is -2.81. The predicted octanol–water partition coefficient (Wildman–Crippen LogP) is 0.515. The molecule has 0 aromatic carbocycles. The number of imidazole rings is 1. The Kier molecular flexibility index (Phi) is 6.73. The minimum Gasteiger partial charge on any atom is -0.475 e. The Balaban J connectivity index is 0.000000370. The third-order valence-corrected chi connectivity index (χ3v) is 4.17. The van der Waals surface area contributed by atoms with Crippen molar-refractivity contribution in [2.45, 2.75) is 25.8 Å². The first-order valence-electron chi connectivity index (χ1n) is 7.87. The maximum atomic E-state index is 12.9. The van der Waals surface area contributed by atoms with E-state index in [9.17, 15) is 26.0 Å². The van der Waals surface area contributed by atoms with Gasteiger partial charge < -0.3 is 14.6 Å². The van der Waals surface area contributed by atoms with Gasteiger partial charge in [-0.2, -0.15) is 13.2 Å². The third-order valence-electron chi connectivity index (χ3n) is 3.50. The van der Waals surface area contributed by atoms with E-state index in [-0.39, 0.29) is 6.54 Å². The molecule has 2 N–H and O–H groups in total. The number of carboxylic acids is 1. The van der Waals surface area contributed by atoms with Crippen LogP contribution in [0.15, 0.2) is 18.6 Å². The minimum absolute atomic E-state index is 0.159. The second kappa shape index (κ2) is 8.69. The zero-order valence-corrected chi connectivity index (χ0v) is 15.7. The van der Waals surface area contributed by atoms with E-state index in [0.29, 0.717) is 31.3 Å². The van der Waals surface area contributed by atoms with E-state index in [0.717, 1.165) is 24.5 Å². The van der Waals surface area contributed by atoms with Gasteiger partial charge in [-0.3, -0.25) is 0 Å². The number of halogens is 4. The molecule has 0 aliphatic carbocycles. The van der Waals surface area contributed by atoms with Crippen molar-refractivity contribution < 1.29 is 35.9 Å². The molecule has 29 heavy (non-hydrogen) atoms. The fourth-order valence-corrected chi connectivity index (χ4v) is 2.65. The number of alkyl halides is 3. The van der Waals surface area contributed by atoms with E-state index in [1.165, 1.54) is 0 Å². The zero-order valence-electron chi connectivity index (χ0n) is 14.9. The molecular formula is C14H16F4N6O4S. The summed E-state index contributed by atoms with van der Waals surface area (Å²) < 4.78 is 71.2. The van der Waals surface area contributed by atoms with E-state index >= 15 is 0 Å². The number of carbonyl (C=O) groups is 1. The highest BCUT2D eigenvalue weighted by molar-refractivity contribution is 7.88. The highest BCUT2D eigenvalue weighted by Gasteiger charge is 2.38. The van der Waals surface area contributed by atoms with Crippen molar-refractivity contribution in [2.24, 2.45) is 0 Å². The van der Waals surface area contributed by atoms with Gasteiger partial charge >= 0.3 is 12.1 Å². The summed E-state index contributed by atoms with van der Waals surface area (Å²) in [4.78, 5) is 23.1. The summed E-state index contributed by atoms with van der Waals surface area (Å²) in [5.74, 6) is -1.99. The van der Waals surface area contributed by atoms with Gasteiger partial charge in [0.2, 0.25) is 16.0 Å². The number of aromatic nitrogens is 4. The van der Waals surface area contributed by atoms with Crippen molar-refractivity contribution in [3.8, 4) is 0 Å². The fourth-order valence-electron chi connectivity index (χ4n) is 2.24. The van der Waals surface area contributed by atoms with Gasteiger partial charge in [-0.05, 0) is 0 Å². The van der Waals surface area contributed by atoms with Crippen LogP contribution in [0.3, 0.4) is 0 Å². The summed E-state index contributed by atoms with van der Waals surface area (Å²) in [5, 5.41) is 7.12. The van der Waals surface area contributed by atoms with Gasteiger partial charge in [0.25, 0.3) is 0 Å². The molecule has 0 saturated heterocycles. The first kappa shape index (κ1) is 22.5. The van der Waals surface area contributed by atoms with Crippen LogP contribution in [0.5, 0.6) is 0 Å². The van der Waals surface area contributed by atoms with Crippen LogP contribution >= 0.6 is 0 Å². The van der Waals surface area contributed by atoms with Crippen molar-refractivity contribution >= 4 is 21.9 Å². The molecule has 0 atom stereocenters. The molecule has 1 aliphatic heterocycles. The summed E-state index contributed by atoms with van der Waals surface area (Å²) >= 11 is 0. The number of hydrogen-bond donors (Lipinski definition) is 2. The lowest BCUT2D eigenvalue weighted by atomic mass is 10.4. The summed E-state index contributed by atoms with van der Waals surface area (Å²) in [7, 11) is -3.25. The molecule has 0 saturated carbocycles. The van der Waals surface area contributed by atoms with E-state index in [1.54, 1.807) is 0 Å². The number of hydrogen-bond acceptors (Lipinski definition) is 7. The van der Waals surface area contributed by atoms with Crippen molar-refractivity contribution in [2.75, 3.05) is 17.7 Å². The van der Waals surface area contributed by atoms with E-state index in [2.05, 4.69) is 19.7 Å². The van der Waals surface area contributed by atoms with Gasteiger partial charge in [-0.1, -0.05) is 0 Å². The fraction of sp³-hybridized carbons (Fsp3) is 0.429. The molecule has 2 aromatic rings. The highest BCUT2D eigenvalue weighted by Crippen LogP contribution is 2.17. The lowest BCUT2D eigenvalue weighted by Gasteiger charge is -2.27. The molecule has 0 spiro atoms. The molecule has 3 heterocycles. The standard InChI is InChI=1S/C12H15FN6O2S.C2HF3O2/c1-22(20,21)16-6-10-7-18-2-3-19(8-11(18)17-10)12-14-4-9(13)5-15-12;3-2(4,5)1(6)7/h4-5,7,16H,2-3,6,8H2,1H3;(H,6,7). The number of sulfonamides is 1. The number of nitrogens with one attached hydrogen (secondary N) is 1. The van der Waals surface area contributed by atoms with Gasteiger partial charge in [-0.25, -0.2) is 37.3 Å². The molecule has 0 bridgehead atoms. The first-order chi connectivity index (χ1) is 13.3. The third kappa shape index (κ3) is 6.94. The summed E-state index contributed by atoms with van der Waals surface area (Å²) in [6, 6.07) is 0. The number of rotatable bonds is 4. The van der Waals surface area contributed by atoms with Crippen LogP contribution in [0.1, 0.15) is 11.5 Å². The Morgan fingerprint density at radius 2 is 1.86 bits per heavy atom. The van der Waals surface area contributed by atoms with Gasteiger partial charge in [0.05, 0.1) is 37.4 Å². The van der Waals surface area contributed by atoms with Crippen LogP contribution in [0.4, 0.5) is 23.5 Å². The molecule has 160 valence electrons. The number of anilines is 1. The van der Waals surface area contributed by atoms with Crippen molar-refractivity contribution in [1.29, 1.82) is 0 Å². The van der Waals surface area contributed by atoms with Gasteiger partial charge in [0.15, 0.2) is 5.82 Å². The monoisotopic (exact) mass is 440 g/mol. The number of aliphatic carboxylic acids is 1. The van der Waals surface area contributed by atoms with E-state index in [1.807, 2.05) is 15.7 Å². The Labute approximate surface area is 162 Å². The molecule has 0 fully saturated rings. The second-order valence-corrected chi connectivity index (χ2v) is 7.69. The molecule has 2 aromatic heterocycles. The quantitative estimate of drug-likeness (QED) is 0.658. The molecule has 0 unspecified atom stereocenters. The van der Waals surface area contributed by atoms with Crippen LogP contribution in [0.2, 0.25) is 0 Å². The van der Waals surface area contributed by atoms with Gasteiger partial charge in [0, 0.05) is 19.3 Å². The van der Waals surface area contributed by atoms with Crippen LogP contribution in [-0.4, -0.2) is 58.0 Å². The van der Waals surface area contributed by atoms with Crippen molar-refractivity contribution in [3.63, 3.8) is 0 Å². The van der Waals surface area contributed by atoms with Gasteiger partial charge in [0.1, 0.15) is 5.82 Å². The number of nitrogens with zero attached hydrogens (tertiary/aromatic N) is 5. The van der Waals surface area contributed by atoms with Crippen molar-refractivity contribution in [1.82, 2.24) is 24.2 Å². The van der Waals surface area contributed by atoms with Gasteiger partial charge in [-0.15, -0.1) is 0 Å². The van der Waals surface area contributed by atoms with Crippen LogP contribution < -0.4 is 9.62 Å².